The van der Waals surface area contributed by atoms with Gasteiger partial charge in [-0.1, -0.05) is 0 Å². The van der Waals surface area contributed by atoms with Crippen molar-refractivity contribution in [2.45, 2.75) is 43.7 Å². The van der Waals surface area contributed by atoms with Crippen LogP contribution in [-0.4, -0.2) is 55.8 Å². The first-order chi connectivity index (χ1) is 11.2. The molecule has 0 unspecified atom stereocenters. The predicted molar refractivity (Wildman–Crippen MR) is 84.0 cm³/mol. The molecule has 0 radical (unpaired) electrons. The molecule has 2 amide bonds. The molecule has 130 valence electrons. The Bertz CT molecular complexity index is 436. The summed E-state index contributed by atoms with van der Waals surface area (Å²) in [7, 11) is 0. The van der Waals surface area contributed by atoms with E-state index in [1.165, 1.54) is 19.3 Å². The highest BCUT2D eigenvalue weighted by molar-refractivity contribution is 5.75. The minimum atomic E-state index is -0.392. The average Bonchev–Trinajstić information content (AvgIpc) is 2.95. The number of carbonyl (C=O) groups excluding carboxylic acids is 1. The maximum Gasteiger partial charge on any atom is 0.315 e. The number of hydrogen-bond acceptors (Lipinski definition) is 4. The summed E-state index contributed by atoms with van der Waals surface area (Å²) in [5.41, 5.74) is -0.392. The summed E-state index contributed by atoms with van der Waals surface area (Å²) in [4.78, 5) is 12.3. The van der Waals surface area contributed by atoms with E-state index in [-0.39, 0.29) is 12.6 Å². The van der Waals surface area contributed by atoms with Crippen LogP contribution in [0.2, 0.25) is 0 Å². The molecule has 4 aliphatic rings. The summed E-state index contributed by atoms with van der Waals surface area (Å²) in [6, 6.07) is 0.340. The molecule has 0 spiro atoms. The minimum absolute atomic E-state index is 0.00299. The molecule has 0 aromatic heterocycles. The van der Waals surface area contributed by atoms with Crippen molar-refractivity contribution in [3.63, 3.8) is 0 Å². The fourth-order valence-corrected chi connectivity index (χ4v) is 5.34. The number of ether oxygens (including phenoxy) is 2. The van der Waals surface area contributed by atoms with Crippen molar-refractivity contribution in [3.8, 4) is 0 Å². The number of urea groups is 1. The zero-order valence-electron chi connectivity index (χ0n) is 13.6. The number of rotatable bonds is 6. The Morgan fingerprint density at radius 1 is 1.22 bits per heavy atom. The Kier molecular flexibility index (Phi) is 4.24. The first-order valence-corrected chi connectivity index (χ1v) is 9.09. The fraction of sp³-hybridized carbons (Fsp3) is 0.941. The molecule has 1 heterocycles. The second-order valence-corrected chi connectivity index (χ2v) is 7.71. The Morgan fingerprint density at radius 3 is 2.57 bits per heavy atom. The molecule has 1 saturated heterocycles. The molecule has 3 N–H and O–H groups in total. The van der Waals surface area contributed by atoms with Crippen LogP contribution in [0.4, 0.5) is 4.79 Å². The van der Waals surface area contributed by atoms with Crippen LogP contribution in [0.15, 0.2) is 0 Å². The largest absolute Gasteiger partial charge is 0.394 e. The molecule has 3 aliphatic carbocycles. The molecule has 4 fully saturated rings. The number of amides is 2. The fourth-order valence-electron chi connectivity index (χ4n) is 5.34. The Morgan fingerprint density at radius 2 is 1.91 bits per heavy atom. The van der Waals surface area contributed by atoms with E-state index in [2.05, 4.69) is 10.6 Å². The van der Waals surface area contributed by atoms with E-state index in [4.69, 9.17) is 14.6 Å². The van der Waals surface area contributed by atoms with Gasteiger partial charge in [-0.05, 0) is 42.9 Å². The van der Waals surface area contributed by atoms with Crippen LogP contribution in [0, 0.1) is 23.7 Å². The topological polar surface area (TPSA) is 79.8 Å². The van der Waals surface area contributed by atoms with Crippen molar-refractivity contribution in [1.29, 1.82) is 0 Å². The number of nitrogens with one attached hydrogen (secondary N) is 2. The van der Waals surface area contributed by atoms with Gasteiger partial charge in [0.05, 0.1) is 18.8 Å². The van der Waals surface area contributed by atoms with Gasteiger partial charge in [0.15, 0.2) is 0 Å². The second-order valence-electron chi connectivity index (χ2n) is 7.71. The monoisotopic (exact) mass is 324 g/mol. The lowest BCUT2D eigenvalue weighted by molar-refractivity contribution is -0.114. The van der Waals surface area contributed by atoms with Crippen molar-refractivity contribution >= 4 is 6.03 Å². The summed E-state index contributed by atoms with van der Waals surface area (Å²) in [6.45, 7) is 2.08. The second kappa shape index (κ2) is 6.22. The van der Waals surface area contributed by atoms with Crippen molar-refractivity contribution in [3.05, 3.63) is 0 Å². The lowest BCUT2D eigenvalue weighted by Gasteiger charge is -2.37. The highest BCUT2D eigenvalue weighted by atomic mass is 16.5. The third-order valence-corrected chi connectivity index (χ3v) is 6.51. The van der Waals surface area contributed by atoms with Gasteiger partial charge >= 0.3 is 6.03 Å². The molecule has 6 nitrogen and oxygen atoms in total. The molecule has 6 heteroatoms. The van der Waals surface area contributed by atoms with Gasteiger partial charge in [-0.25, -0.2) is 4.79 Å². The molecule has 2 bridgehead atoms. The van der Waals surface area contributed by atoms with Gasteiger partial charge in [-0.3, -0.25) is 0 Å². The maximum absolute atomic E-state index is 12.3. The summed E-state index contributed by atoms with van der Waals surface area (Å²) in [5.74, 6) is 3.24. The van der Waals surface area contributed by atoms with Gasteiger partial charge in [-0.15, -0.1) is 0 Å². The number of hydrogen-bond donors (Lipinski definition) is 3. The summed E-state index contributed by atoms with van der Waals surface area (Å²) in [6.07, 6.45) is 5.64. The molecule has 4 rings (SSSR count). The Hall–Kier alpha value is -0.850. The van der Waals surface area contributed by atoms with Crippen LogP contribution in [0.3, 0.4) is 0 Å². The number of carbonyl (C=O) groups is 1. The summed E-state index contributed by atoms with van der Waals surface area (Å²) in [5, 5.41) is 15.2. The van der Waals surface area contributed by atoms with Gasteiger partial charge in [0, 0.05) is 38.6 Å². The average molecular weight is 324 g/mol. The molecule has 1 aliphatic heterocycles. The molecule has 0 aromatic carbocycles. The number of aliphatic hydroxyl groups excluding tert-OH is 1. The van der Waals surface area contributed by atoms with Crippen molar-refractivity contribution in [2.24, 2.45) is 23.7 Å². The van der Waals surface area contributed by atoms with E-state index in [9.17, 15) is 4.79 Å². The summed E-state index contributed by atoms with van der Waals surface area (Å²) < 4.78 is 11.2. The highest BCUT2D eigenvalue weighted by Gasteiger charge is 2.65. The van der Waals surface area contributed by atoms with E-state index >= 15 is 0 Å². The van der Waals surface area contributed by atoms with Crippen LogP contribution in [0.1, 0.15) is 32.1 Å². The van der Waals surface area contributed by atoms with Gasteiger partial charge in [-0.2, -0.15) is 0 Å². The minimum Gasteiger partial charge on any atom is -0.394 e. The quantitative estimate of drug-likeness (QED) is 0.678. The van der Waals surface area contributed by atoms with Crippen molar-refractivity contribution in [1.82, 2.24) is 10.6 Å². The van der Waals surface area contributed by atoms with Gasteiger partial charge < -0.3 is 25.2 Å². The first kappa shape index (κ1) is 15.7. The standard InChI is InChI=1S/C17H28N2O4/c20-5-8-23-17(3-6-22-7-4-17)10-18-16(21)19-15-13-11-1-2-12(9-11)14(13)15/h11-15,20H,1-10H2,(H2,18,19,21)/t11-,12-,13+,14+/m0/s1. The van der Waals surface area contributed by atoms with Crippen LogP contribution < -0.4 is 10.6 Å². The molecule has 4 atom stereocenters. The van der Waals surface area contributed by atoms with Crippen LogP contribution in [-0.2, 0) is 9.47 Å². The normalized spacial score (nSPS) is 39.8. The van der Waals surface area contributed by atoms with Gasteiger partial charge in [0.25, 0.3) is 0 Å². The van der Waals surface area contributed by atoms with E-state index < -0.39 is 5.60 Å². The number of aliphatic hydroxyl groups is 1. The third-order valence-electron chi connectivity index (χ3n) is 6.51. The molecular formula is C17H28N2O4. The lowest BCUT2D eigenvalue weighted by Crippen LogP contribution is -2.51. The molecular weight excluding hydrogens is 296 g/mol. The van der Waals surface area contributed by atoms with Crippen LogP contribution in [0.5, 0.6) is 0 Å². The van der Waals surface area contributed by atoms with Crippen LogP contribution in [0.25, 0.3) is 0 Å². The molecule has 3 saturated carbocycles. The highest BCUT2D eigenvalue weighted by Crippen LogP contribution is 2.65. The van der Waals surface area contributed by atoms with Crippen molar-refractivity contribution < 1.29 is 19.4 Å². The molecule has 23 heavy (non-hydrogen) atoms. The predicted octanol–water partition coefficient (Wildman–Crippen LogP) is 0.888. The number of fused-ring (bicyclic) bond motifs is 5. The SMILES string of the molecule is O=C(NCC1(OCCO)CCOCC1)NC1[C@@H]2[C@H]3CC[C@@H](C3)[C@@H]12. The third kappa shape index (κ3) is 2.96. The van der Waals surface area contributed by atoms with Gasteiger partial charge in [0.2, 0.25) is 0 Å². The van der Waals surface area contributed by atoms with E-state index in [1.54, 1.807) is 0 Å². The van der Waals surface area contributed by atoms with Crippen LogP contribution >= 0.6 is 0 Å². The lowest BCUT2D eigenvalue weighted by atomic mass is 9.94. The summed E-state index contributed by atoms with van der Waals surface area (Å²) >= 11 is 0. The van der Waals surface area contributed by atoms with E-state index in [0.29, 0.717) is 32.4 Å². The Labute approximate surface area is 137 Å². The zero-order valence-corrected chi connectivity index (χ0v) is 13.6. The Balaban J connectivity index is 1.25. The first-order valence-electron chi connectivity index (χ1n) is 9.09. The smallest absolute Gasteiger partial charge is 0.315 e. The van der Waals surface area contributed by atoms with Gasteiger partial charge in [0.1, 0.15) is 0 Å². The molecule has 0 aromatic rings. The van der Waals surface area contributed by atoms with Crippen molar-refractivity contribution in [2.75, 3.05) is 33.0 Å². The van der Waals surface area contributed by atoms with E-state index in [0.717, 1.165) is 36.5 Å². The van der Waals surface area contributed by atoms with E-state index in [1.807, 2.05) is 0 Å². The zero-order chi connectivity index (χ0) is 15.9. The maximum atomic E-state index is 12.3.